The fourth-order valence-electron chi connectivity index (χ4n) is 2.74. The Morgan fingerprint density at radius 1 is 0.968 bits per heavy atom. The third kappa shape index (κ3) is 5.54. The number of hydrogen-bond acceptors (Lipinski definition) is 6. The van der Waals surface area contributed by atoms with Gasteiger partial charge in [0.2, 0.25) is 0 Å². The van der Waals surface area contributed by atoms with Crippen molar-refractivity contribution in [2.45, 2.75) is 0 Å². The molecule has 31 heavy (non-hydrogen) atoms. The van der Waals surface area contributed by atoms with Crippen LogP contribution in [0.1, 0.15) is 15.9 Å². The van der Waals surface area contributed by atoms with Crippen molar-refractivity contribution >= 4 is 29.3 Å². The van der Waals surface area contributed by atoms with Crippen LogP contribution in [0.4, 0.5) is 11.4 Å². The second-order valence-corrected chi connectivity index (χ2v) is 6.25. The number of rotatable bonds is 7. The van der Waals surface area contributed by atoms with Crippen molar-refractivity contribution in [3.05, 3.63) is 100 Å². The number of carbonyl (C=O) groups is 2. The van der Waals surface area contributed by atoms with Gasteiger partial charge in [-0.15, -0.1) is 0 Å². The van der Waals surface area contributed by atoms with E-state index in [1.165, 1.54) is 37.5 Å². The maximum atomic E-state index is 12.4. The predicted molar refractivity (Wildman–Crippen MR) is 115 cm³/mol. The van der Waals surface area contributed by atoms with Gasteiger partial charge in [-0.25, -0.2) is 4.79 Å². The van der Waals surface area contributed by atoms with Crippen molar-refractivity contribution in [3.8, 4) is 11.5 Å². The van der Waals surface area contributed by atoms with Crippen LogP contribution in [0.25, 0.3) is 6.08 Å². The summed E-state index contributed by atoms with van der Waals surface area (Å²) in [4.78, 5) is 34.9. The van der Waals surface area contributed by atoms with Crippen molar-refractivity contribution in [3.63, 3.8) is 0 Å². The molecule has 0 aliphatic heterocycles. The topological polar surface area (TPSA) is 108 Å². The standard InChI is InChI=1S/C23H18N2O6/c1-30-21-9-5-3-7-19(21)23(27)24-17-11-13-18(14-12-17)31-22(26)15-10-16-6-2-4-8-20(16)25(28)29/h2-15H,1H3,(H,24,27)/b15-10+. The molecule has 0 aliphatic carbocycles. The first-order valence-corrected chi connectivity index (χ1v) is 9.15. The third-order valence-electron chi connectivity index (χ3n) is 4.21. The molecule has 1 amide bonds. The summed E-state index contributed by atoms with van der Waals surface area (Å²) in [5.41, 5.74) is 1.08. The molecule has 0 spiro atoms. The average molecular weight is 418 g/mol. The SMILES string of the molecule is COc1ccccc1C(=O)Nc1ccc(OC(=O)/C=C/c2ccccc2[N+](=O)[O-])cc1. The van der Waals surface area contributed by atoms with Gasteiger partial charge >= 0.3 is 5.97 Å². The van der Waals surface area contributed by atoms with Crippen molar-refractivity contribution < 1.29 is 24.0 Å². The van der Waals surface area contributed by atoms with Crippen LogP contribution in [-0.4, -0.2) is 23.9 Å². The Hall–Kier alpha value is -4.46. The first-order chi connectivity index (χ1) is 15.0. The number of carbonyl (C=O) groups excluding carboxylic acids is 2. The lowest BCUT2D eigenvalue weighted by atomic mass is 10.1. The molecule has 0 radical (unpaired) electrons. The zero-order valence-electron chi connectivity index (χ0n) is 16.5. The number of nitro benzene ring substituents is 1. The normalized spacial score (nSPS) is 10.5. The first kappa shape index (κ1) is 21.3. The van der Waals surface area contributed by atoms with Crippen LogP contribution in [0.15, 0.2) is 78.9 Å². The van der Waals surface area contributed by atoms with Gasteiger partial charge in [0, 0.05) is 17.8 Å². The summed E-state index contributed by atoms with van der Waals surface area (Å²) < 4.78 is 10.4. The first-order valence-electron chi connectivity index (χ1n) is 9.15. The van der Waals surface area contributed by atoms with Crippen LogP contribution < -0.4 is 14.8 Å². The maximum Gasteiger partial charge on any atom is 0.336 e. The second kappa shape index (κ2) is 9.84. The third-order valence-corrected chi connectivity index (χ3v) is 4.21. The Morgan fingerprint density at radius 3 is 2.35 bits per heavy atom. The van der Waals surface area contributed by atoms with Crippen LogP contribution in [0.5, 0.6) is 11.5 Å². The number of ether oxygens (including phenoxy) is 2. The Balaban J connectivity index is 1.62. The largest absolute Gasteiger partial charge is 0.496 e. The number of amides is 1. The van der Waals surface area contributed by atoms with Crippen LogP contribution in [0, 0.1) is 10.1 Å². The van der Waals surface area contributed by atoms with E-state index in [-0.39, 0.29) is 17.3 Å². The number of methoxy groups -OCH3 is 1. The molecule has 8 heteroatoms. The summed E-state index contributed by atoms with van der Waals surface area (Å²) in [6, 6.07) is 19.1. The van der Waals surface area contributed by atoms with Gasteiger partial charge in [0.05, 0.1) is 23.2 Å². The molecule has 8 nitrogen and oxygen atoms in total. The number of nitrogens with one attached hydrogen (secondary N) is 1. The molecule has 156 valence electrons. The zero-order chi connectivity index (χ0) is 22.2. The van der Waals surface area contributed by atoms with Gasteiger partial charge in [0.1, 0.15) is 11.5 Å². The molecular formula is C23H18N2O6. The van der Waals surface area contributed by atoms with E-state index in [1.807, 2.05) is 0 Å². The molecule has 0 aromatic heterocycles. The summed E-state index contributed by atoms with van der Waals surface area (Å²) >= 11 is 0. The molecule has 3 aromatic carbocycles. The molecular weight excluding hydrogens is 400 g/mol. The molecule has 0 saturated carbocycles. The Morgan fingerprint density at radius 2 is 1.65 bits per heavy atom. The number of anilines is 1. The molecule has 0 atom stereocenters. The van der Waals surface area contributed by atoms with Crippen LogP contribution in [0.2, 0.25) is 0 Å². The number of esters is 1. The highest BCUT2D eigenvalue weighted by molar-refractivity contribution is 6.06. The summed E-state index contributed by atoms with van der Waals surface area (Å²) in [7, 11) is 1.49. The molecule has 0 bridgehead atoms. The van der Waals surface area contributed by atoms with E-state index in [9.17, 15) is 19.7 Å². The summed E-state index contributed by atoms with van der Waals surface area (Å²) in [6.45, 7) is 0. The van der Waals surface area contributed by atoms with Crippen LogP contribution >= 0.6 is 0 Å². The predicted octanol–water partition coefficient (Wildman–Crippen LogP) is 4.47. The van der Waals surface area contributed by atoms with E-state index >= 15 is 0 Å². The minimum Gasteiger partial charge on any atom is -0.496 e. The van der Waals surface area contributed by atoms with E-state index < -0.39 is 10.9 Å². The van der Waals surface area contributed by atoms with E-state index in [0.717, 1.165) is 6.08 Å². The smallest absolute Gasteiger partial charge is 0.336 e. The Labute approximate surface area is 177 Å². The fourth-order valence-corrected chi connectivity index (χ4v) is 2.74. The monoisotopic (exact) mass is 418 g/mol. The number of benzene rings is 3. The highest BCUT2D eigenvalue weighted by Crippen LogP contribution is 2.22. The molecule has 1 N–H and O–H groups in total. The molecule has 0 saturated heterocycles. The average Bonchev–Trinajstić information content (AvgIpc) is 2.79. The van der Waals surface area contributed by atoms with Crippen molar-refractivity contribution in [1.29, 1.82) is 0 Å². The van der Waals surface area contributed by atoms with Gasteiger partial charge in [-0.1, -0.05) is 24.3 Å². The minimum atomic E-state index is -0.691. The molecule has 0 fully saturated rings. The summed E-state index contributed by atoms with van der Waals surface area (Å²) in [5.74, 6) is -0.318. The van der Waals surface area contributed by atoms with Crippen LogP contribution in [0.3, 0.4) is 0 Å². The highest BCUT2D eigenvalue weighted by atomic mass is 16.6. The van der Waals surface area contributed by atoms with E-state index in [2.05, 4.69) is 5.32 Å². The lowest BCUT2D eigenvalue weighted by Gasteiger charge is -2.09. The van der Waals surface area contributed by atoms with E-state index in [0.29, 0.717) is 22.6 Å². The van der Waals surface area contributed by atoms with Gasteiger partial charge in [-0.3, -0.25) is 14.9 Å². The Bertz CT molecular complexity index is 1140. The van der Waals surface area contributed by atoms with Gasteiger partial charge < -0.3 is 14.8 Å². The quantitative estimate of drug-likeness (QED) is 0.199. The Kier molecular flexibility index (Phi) is 6.74. The molecule has 0 heterocycles. The molecule has 3 rings (SSSR count). The summed E-state index contributed by atoms with van der Waals surface area (Å²) in [6.07, 6.45) is 2.43. The number of nitro groups is 1. The summed E-state index contributed by atoms with van der Waals surface area (Å²) in [5, 5.41) is 13.8. The lowest BCUT2D eigenvalue weighted by molar-refractivity contribution is -0.385. The van der Waals surface area contributed by atoms with Gasteiger partial charge in [0.15, 0.2) is 0 Å². The van der Waals surface area contributed by atoms with Gasteiger partial charge in [-0.05, 0) is 48.5 Å². The molecule has 0 aliphatic rings. The number of hydrogen-bond donors (Lipinski definition) is 1. The van der Waals surface area contributed by atoms with E-state index in [1.54, 1.807) is 48.5 Å². The van der Waals surface area contributed by atoms with Crippen molar-refractivity contribution in [2.75, 3.05) is 12.4 Å². The van der Waals surface area contributed by atoms with E-state index in [4.69, 9.17) is 9.47 Å². The molecule has 3 aromatic rings. The highest BCUT2D eigenvalue weighted by Gasteiger charge is 2.12. The fraction of sp³-hybridized carbons (Fsp3) is 0.0435. The molecule has 0 unspecified atom stereocenters. The van der Waals surface area contributed by atoms with Crippen molar-refractivity contribution in [2.24, 2.45) is 0 Å². The van der Waals surface area contributed by atoms with Gasteiger partial charge in [0.25, 0.3) is 11.6 Å². The maximum absolute atomic E-state index is 12.4. The number of nitrogens with zero attached hydrogens (tertiary/aromatic N) is 1. The van der Waals surface area contributed by atoms with Crippen molar-refractivity contribution in [1.82, 2.24) is 0 Å². The van der Waals surface area contributed by atoms with Gasteiger partial charge in [-0.2, -0.15) is 0 Å². The van der Waals surface area contributed by atoms with Crippen LogP contribution in [-0.2, 0) is 4.79 Å². The zero-order valence-corrected chi connectivity index (χ0v) is 16.5. The second-order valence-electron chi connectivity index (χ2n) is 6.25. The lowest BCUT2D eigenvalue weighted by Crippen LogP contribution is -2.13. The number of para-hydroxylation sites is 2. The minimum absolute atomic E-state index is 0.110.